The van der Waals surface area contributed by atoms with Crippen molar-refractivity contribution >= 4 is 11.8 Å². The molecule has 6 nitrogen and oxygen atoms in total. The van der Waals surface area contributed by atoms with Crippen LogP contribution in [0.4, 0.5) is 0 Å². The number of fused-ring (bicyclic) bond motifs is 2. The van der Waals surface area contributed by atoms with Crippen molar-refractivity contribution in [2.75, 3.05) is 19.6 Å². The minimum atomic E-state index is -0.379. The number of amides is 2. The van der Waals surface area contributed by atoms with Crippen LogP contribution in [0.25, 0.3) is 0 Å². The van der Waals surface area contributed by atoms with Gasteiger partial charge in [-0.1, -0.05) is 33.6 Å². The molecule has 0 radical (unpaired) electrons. The van der Waals surface area contributed by atoms with E-state index in [0.29, 0.717) is 19.6 Å². The summed E-state index contributed by atoms with van der Waals surface area (Å²) in [6.45, 7) is 8.95. The van der Waals surface area contributed by atoms with Crippen LogP contribution in [0, 0.1) is 10.8 Å². The third-order valence-electron chi connectivity index (χ3n) is 8.57. The number of hydrogen-bond acceptors (Lipinski definition) is 3. The van der Waals surface area contributed by atoms with Crippen LogP contribution >= 0.6 is 0 Å². The summed E-state index contributed by atoms with van der Waals surface area (Å²) in [5, 5.41) is 0. The van der Waals surface area contributed by atoms with Crippen molar-refractivity contribution in [3.8, 4) is 0 Å². The highest BCUT2D eigenvalue weighted by molar-refractivity contribution is 5.99. The van der Waals surface area contributed by atoms with E-state index in [1.165, 1.54) is 0 Å². The molecule has 1 aromatic heterocycles. The number of rotatable bonds is 3. The zero-order valence-corrected chi connectivity index (χ0v) is 20.6. The Bertz CT molecular complexity index is 1000. The van der Waals surface area contributed by atoms with E-state index >= 15 is 0 Å². The van der Waals surface area contributed by atoms with Gasteiger partial charge in [-0.3, -0.25) is 14.4 Å². The third kappa shape index (κ3) is 4.26. The number of carbonyl (C=O) groups is 2. The summed E-state index contributed by atoms with van der Waals surface area (Å²) in [4.78, 5) is 44.6. The van der Waals surface area contributed by atoms with Crippen LogP contribution in [-0.4, -0.2) is 51.9 Å². The molecular weight excluding hydrogens is 414 g/mol. The minimum Gasteiger partial charge on any atom is -0.349 e. The zero-order valence-electron chi connectivity index (χ0n) is 20.6. The van der Waals surface area contributed by atoms with Gasteiger partial charge in [0.25, 0.3) is 11.8 Å². The summed E-state index contributed by atoms with van der Waals surface area (Å²) in [6.07, 6.45) is 14.0. The van der Waals surface area contributed by atoms with Crippen LogP contribution in [0.5, 0.6) is 0 Å². The molecule has 3 heterocycles. The maximum absolute atomic E-state index is 13.9. The number of carbonyl (C=O) groups excluding carboxylic acids is 2. The molecule has 4 fully saturated rings. The van der Waals surface area contributed by atoms with E-state index in [1.54, 1.807) is 17.3 Å². The lowest BCUT2D eigenvalue weighted by atomic mass is 9.65. The SMILES string of the molecule is CC1(C)C[C@@H]2C[C@@](C)(CN2C(=O)c2cn(C3CCCC3)cc(C(=O)N3CCCCC3)c2=O)C1. The van der Waals surface area contributed by atoms with Crippen molar-refractivity contribution in [2.45, 2.75) is 97.1 Å². The van der Waals surface area contributed by atoms with Gasteiger partial charge in [-0.05, 0) is 62.2 Å². The highest BCUT2D eigenvalue weighted by Gasteiger charge is 2.51. The van der Waals surface area contributed by atoms with E-state index in [-0.39, 0.29) is 51.3 Å². The normalized spacial score (nSPS) is 29.5. The van der Waals surface area contributed by atoms with Crippen molar-refractivity contribution in [3.63, 3.8) is 0 Å². The lowest BCUT2D eigenvalue weighted by Gasteiger charge is -2.39. The van der Waals surface area contributed by atoms with Gasteiger partial charge in [-0.15, -0.1) is 0 Å². The van der Waals surface area contributed by atoms with E-state index in [1.807, 2.05) is 9.47 Å². The van der Waals surface area contributed by atoms with E-state index in [4.69, 9.17) is 0 Å². The zero-order chi connectivity index (χ0) is 23.4. The summed E-state index contributed by atoms with van der Waals surface area (Å²) in [7, 11) is 0. The number of hydrogen-bond donors (Lipinski definition) is 0. The van der Waals surface area contributed by atoms with Crippen LogP contribution in [0.3, 0.4) is 0 Å². The molecule has 0 N–H and O–H groups in total. The molecule has 2 saturated carbocycles. The standard InChI is InChI=1S/C27H39N3O3/c1-26(2)13-20-14-27(3,17-26)18-30(20)25(33)22-16-29(19-9-5-6-10-19)15-21(23(22)31)24(32)28-11-7-4-8-12-28/h15-16,19-20H,4-14,17-18H2,1-3H3/t20-,27-/m1/s1. The maximum Gasteiger partial charge on any atom is 0.259 e. The first-order valence-electron chi connectivity index (χ1n) is 13.0. The number of nitrogens with zero attached hydrogens (tertiary/aromatic N) is 3. The summed E-state index contributed by atoms with van der Waals surface area (Å²) < 4.78 is 2.02. The van der Waals surface area contributed by atoms with Crippen LogP contribution < -0.4 is 5.43 Å². The molecule has 1 aromatic rings. The second kappa shape index (κ2) is 8.28. The molecule has 2 bridgehead atoms. The van der Waals surface area contributed by atoms with Crippen molar-refractivity contribution in [1.29, 1.82) is 0 Å². The van der Waals surface area contributed by atoms with Crippen LogP contribution in [0.2, 0.25) is 0 Å². The van der Waals surface area contributed by atoms with E-state index in [0.717, 1.165) is 64.2 Å². The highest BCUT2D eigenvalue weighted by Crippen LogP contribution is 2.52. The van der Waals surface area contributed by atoms with Gasteiger partial charge >= 0.3 is 0 Å². The van der Waals surface area contributed by atoms with Crippen molar-refractivity contribution in [1.82, 2.24) is 14.4 Å². The van der Waals surface area contributed by atoms with Crippen LogP contribution in [0.1, 0.15) is 112 Å². The predicted octanol–water partition coefficient (Wildman–Crippen LogP) is 4.63. The molecule has 2 atom stereocenters. The average Bonchev–Trinajstić information content (AvgIpc) is 3.39. The smallest absolute Gasteiger partial charge is 0.259 e. The molecule has 2 amide bonds. The second-order valence-electron chi connectivity index (χ2n) is 12.3. The molecule has 4 aliphatic rings. The predicted molar refractivity (Wildman–Crippen MR) is 129 cm³/mol. The molecule has 2 saturated heterocycles. The molecule has 33 heavy (non-hydrogen) atoms. The maximum atomic E-state index is 13.9. The third-order valence-corrected chi connectivity index (χ3v) is 8.57. The molecule has 180 valence electrons. The Labute approximate surface area is 197 Å². The van der Waals surface area contributed by atoms with E-state index < -0.39 is 0 Å². The number of aromatic nitrogens is 1. The molecule has 5 rings (SSSR count). The number of piperidine rings is 1. The van der Waals surface area contributed by atoms with Crippen molar-refractivity contribution in [3.05, 3.63) is 33.7 Å². The Morgan fingerprint density at radius 3 is 2.15 bits per heavy atom. The fraction of sp³-hybridized carbons (Fsp3) is 0.741. The molecule has 6 heteroatoms. The van der Waals surface area contributed by atoms with Crippen molar-refractivity contribution in [2.24, 2.45) is 10.8 Å². The minimum absolute atomic E-state index is 0.105. The summed E-state index contributed by atoms with van der Waals surface area (Å²) in [5.74, 6) is -0.374. The quantitative estimate of drug-likeness (QED) is 0.670. The molecule has 0 spiro atoms. The fourth-order valence-electron chi connectivity index (χ4n) is 7.44. The summed E-state index contributed by atoms with van der Waals surface area (Å²) in [5.41, 5.74) is 0.300. The monoisotopic (exact) mass is 453 g/mol. The van der Waals surface area contributed by atoms with Crippen LogP contribution in [0.15, 0.2) is 17.2 Å². The second-order valence-corrected chi connectivity index (χ2v) is 12.3. The topological polar surface area (TPSA) is 62.6 Å². The average molecular weight is 454 g/mol. The van der Waals surface area contributed by atoms with Gasteiger partial charge in [-0.25, -0.2) is 0 Å². The van der Waals surface area contributed by atoms with Crippen LogP contribution in [-0.2, 0) is 0 Å². The fourth-order valence-corrected chi connectivity index (χ4v) is 7.44. The molecule has 0 aromatic carbocycles. The van der Waals surface area contributed by atoms with Gasteiger partial charge in [0.1, 0.15) is 11.1 Å². The van der Waals surface area contributed by atoms with Gasteiger partial charge in [0.2, 0.25) is 5.43 Å². The number of likely N-dealkylation sites (tertiary alicyclic amines) is 2. The molecular formula is C27H39N3O3. The lowest BCUT2D eigenvalue weighted by molar-refractivity contribution is 0.0705. The van der Waals surface area contributed by atoms with Gasteiger partial charge in [0.05, 0.1) is 0 Å². The van der Waals surface area contributed by atoms with Gasteiger partial charge < -0.3 is 14.4 Å². The van der Waals surface area contributed by atoms with Gasteiger partial charge in [0, 0.05) is 44.1 Å². The van der Waals surface area contributed by atoms with E-state index in [9.17, 15) is 14.4 Å². The summed E-state index contributed by atoms with van der Waals surface area (Å²) in [6, 6.07) is 0.436. The van der Waals surface area contributed by atoms with Gasteiger partial charge in [0.15, 0.2) is 0 Å². The first-order chi connectivity index (χ1) is 15.7. The Hall–Kier alpha value is -2.11. The summed E-state index contributed by atoms with van der Waals surface area (Å²) >= 11 is 0. The first-order valence-corrected chi connectivity index (χ1v) is 13.0. The van der Waals surface area contributed by atoms with Gasteiger partial charge in [-0.2, -0.15) is 0 Å². The first kappa shape index (κ1) is 22.7. The Balaban J connectivity index is 1.52. The Morgan fingerprint density at radius 2 is 1.48 bits per heavy atom. The highest BCUT2D eigenvalue weighted by atomic mass is 16.2. The van der Waals surface area contributed by atoms with Crippen molar-refractivity contribution < 1.29 is 9.59 Å². The lowest BCUT2D eigenvalue weighted by Crippen LogP contribution is -2.42. The molecule has 2 aliphatic carbocycles. The Kier molecular flexibility index (Phi) is 5.69. The molecule has 2 aliphatic heterocycles. The molecule has 0 unspecified atom stereocenters. The number of pyridine rings is 1. The van der Waals surface area contributed by atoms with E-state index in [2.05, 4.69) is 20.8 Å². The Morgan fingerprint density at radius 1 is 0.848 bits per heavy atom. The largest absolute Gasteiger partial charge is 0.349 e.